The largest absolute Gasteiger partial charge is 0.452 e. The van der Waals surface area contributed by atoms with Gasteiger partial charge in [-0.3, -0.25) is 24.1 Å². The molecule has 1 fully saturated rings. The van der Waals surface area contributed by atoms with Crippen molar-refractivity contribution in [1.29, 1.82) is 0 Å². The van der Waals surface area contributed by atoms with Crippen molar-refractivity contribution in [3.8, 4) is 0 Å². The van der Waals surface area contributed by atoms with Crippen LogP contribution in [0, 0.1) is 23.5 Å². The molecule has 0 radical (unpaired) electrons. The highest BCUT2D eigenvalue weighted by atomic mass is 19.2. The summed E-state index contributed by atoms with van der Waals surface area (Å²) >= 11 is 0. The Morgan fingerprint density at radius 3 is 2.34 bits per heavy atom. The Kier molecular flexibility index (Phi) is 6.05. The molecular formula is C20H20F2N2O5. The minimum absolute atomic E-state index is 0.0151. The monoisotopic (exact) mass is 406 g/mol. The molecule has 3 rings (SSSR count). The van der Waals surface area contributed by atoms with E-state index in [4.69, 9.17) is 4.74 Å². The number of halogens is 2. The van der Waals surface area contributed by atoms with Crippen molar-refractivity contribution in [3.63, 3.8) is 0 Å². The van der Waals surface area contributed by atoms with E-state index in [0.29, 0.717) is 12.8 Å². The summed E-state index contributed by atoms with van der Waals surface area (Å²) in [5, 5.41) is 2.31. The SMILES string of the molecule is C[C@H](OC(=O)CCN1C(=O)[C@H]2CC=CC[C@H]2C1=O)C(=O)Nc1ccc(F)c(F)c1. The van der Waals surface area contributed by atoms with Crippen molar-refractivity contribution in [1.82, 2.24) is 4.90 Å². The number of hydrogen-bond donors (Lipinski definition) is 1. The molecule has 0 bridgehead atoms. The fourth-order valence-electron chi connectivity index (χ4n) is 3.42. The molecule has 1 aromatic rings. The quantitative estimate of drug-likeness (QED) is 0.444. The lowest BCUT2D eigenvalue weighted by molar-refractivity contribution is -0.154. The standard InChI is InChI=1S/C20H20F2N2O5/c1-11(18(26)23-12-6-7-15(21)16(22)10-12)29-17(25)8-9-24-19(27)13-4-2-3-5-14(13)20(24)28/h2-3,6-7,10-11,13-14H,4-5,8-9H2,1H3,(H,23,26)/t11-,13-,14+/m0/s1. The van der Waals surface area contributed by atoms with Gasteiger partial charge in [-0.05, 0) is 31.9 Å². The third-order valence-corrected chi connectivity index (χ3v) is 5.00. The Hall–Kier alpha value is -3.10. The smallest absolute Gasteiger partial charge is 0.308 e. The van der Waals surface area contributed by atoms with E-state index >= 15 is 0 Å². The number of amides is 3. The van der Waals surface area contributed by atoms with Crippen molar-refractivity contribution in [3.05, 3.63) is 42.0 Å². The van der Waals surface area contributed by atoms with E-state index < -0.39 is 29.6 Å². The predicted molar refractivity (Wildman–Crippen MR) is 97.2 cm³/mol. The van der Waals surface area contributed by atoms with Gasteiger partial charge in [-0.2, -0.15) is 0 Å². The van der Waals surface area contributed by atoms with Crippen LogP contribution in [0.4, 0.5) is 14.5 Å². The number of likely N-dealkylation sites (tertiary alicyclic amines) is 1. The number of benzene rings is 1. The highest BCUT2D eigenvalue weighted by Gasteiger charge is 2.47. The Morgan fingerprint density at radius 2 is 1.76 bits per heavy atom. The highest BCUT2D eigenvalue weighted by molar-refractivity contribution is 6.05. The van der Waals surface area contributed by atoms with Crippen molar-refractivity contribution in [2.75, 3.05) is 11.9 Å². The maximum Gasteiger partial charge on any atom is 0.308 e. The molecule has 1 aliphatic heterocycles. The number of imide groups is 1. The van der Waals surface area contributed by atoms with Crippen LogP contribution < -0.4 is 5.32 Å². The number of hydrogen-bond acceptors (Lipinski definition) is 5. The van der Waals surface area contributed by atoms with Crippen LogP contribution in [0.5, 0.6) is 0 Å². The summed E-state index contributed by atoms with van der Waals surface area (Å²) < 4.78 is 31.1. The van der Waals surface area contributed by atoms with Crippen molar-refractivity contribution in [2.24, 2.45) is 11.8 Å². The molecule has 1 saturated heterocycles. The molecule has 2 aliphatic rings. The zero-order valence-corrected chi connectivity index (χ0v) is 15.7. The van der Waals surface area contributed by atoms with Crippen LogP contribution in [-0.4, -0.2) is 41.2 Å². The van der Waals surface area contributed by atoms with Gasteiger partial charge >= 0.3 is 5.97 Å². The molecule has 0 aromatic heterocycles. The summed E-state index contributed by atoms with van der Waals surface area (Å²) in [7, 11) is 0. The number of nitrogens with one attached hydrogen (secondary N) is 1. The van der Waals surface area contributed by atoms with E-state index in [0.717, 1.165) is 17.0 Å². The van der Waals surface area contributed by atoms with Crippen LogP contribution in [0.15, 0.2) is 30.4 Å². The van der Waals surface area contributed by atoms with Gasteiger partial charge in [-0.25, -0.2) is 8.78 Å². The Bertz CT molecular complexity index is 860. The van der Waals surface area contributed by atoms with E-state index in [2.05, 4.69) is 5.32 Å². The molecule has 3 atom stereocenters. The summed E-state index contributed by atoms with van der Waals surface area (Å²) in [6, 6.07) is 2.84. The lowest BCUT2D eigenvalue weighted by atomic mass is 9.85. The normalized spacial score (nSPS) is 21.7. The molecule has 1 aliphatic carbocycles. The van der Waals surface area contributed by atoms with Gasteiger partial charge in [-0.15, -0.1) is 0 Å². The maximum atomic E-state index is 13.2. The molecule has 0 spiro atoms. The van der Waals surface area contributed by atoms with Crippen LogP contribution in [0.25, 0.3) is 0 Å². The topological polar surface area (TPSA) is 92.8 Å². The number of anilines is 1. The zero-order valence-electron chi connectivity index (χ0n) is 15.7. The third-order valence-electron chi connectivity index (χ3n) is 5.00. The molecule has 7 nitrogen and oxygen atoms in total. The second-order valence-electron chi connectivity index (χ2n) is 6.98. The number of rotatable bonds is 6. The number of allylic oxidation sites excluding steroid dienone is 2. The average Bonchev–Trinajstić information content (AvgIpc) is 2.93. The van der Waals surface area contributed by atoms with E-state index in [1.807, 2.05) is 12.2 Å². The lowest BCUT2D eigenvalue weighted by Crippen LogP contribution is -2.35. The van der Waals surface area contributed by atoms with E-state index in [9.17, 15) is 28.0 Å². The molecule has 1 heterocycles. The zero-order chi connectivity index (χ0) is 21.1. The molecule has 1 N–H and O–H groups in total. The van der Waals surface area contributed by atoms with Crippen LogP contribution in [0.1, 0.15) is 26.2 Å². The van der Waals surface area contributed by atoms with Gasteiger partial charge in [-0.1, -0.05) is 12.2 Å². The van der Waals surface area contributed by atoms with Crippen LogP contribution in [0.3, 0.4) is 0 Å². The third kappa shape index (κ3) is 4.49. The summed E-state index contributed by atoms with van der Waals surface area (Å²) in [6.45, 7) is 1.21. The summed E-state index contributed by atoms with van der Waals surface area (Å²) in [4.78, 5) is 49.8. The van der Waals surface area contributed by atoms with Crippen molar-refractivity contribution < 1.29 is 32.7 Å². The van der Waals surface area contributed by atoms with Gasteiger partial charge in [0, 0.05) is 18.3 Å². The molecular weight excluding hydrogens is 386 g/mol. The average molecular weight is 406 g/mol. The van der Waals surface area contributed by atoms with Gasteiger partial charge in [0.1, 0.15) is 0 Å². The van der Waals surface area contributed by atoms with Crippen LogP contribution >= 0.6 is 0 Å². The number of esters is 1. The molecule has 0 saturated carbocycles. The van der Waals surface area contributed by atoms with E-state index in [1.54, 1.807) is 0 Å². The number of fused-ring (bicyclic) bond motifs is 1. The first-order chi connectivity index (χ1) is 13.8. The first-order valence-corrected chi connectivity index (χ1v) is 9.23. The highest BCUT2D eigenvalue weighted by Crippen LogP contribution is 2.35. The van der Waals surface area contributed by atoms with Gasteiger partial charge < -0.3 is 10.1 Å². The molecule has 154 valence electrons. The number of nitrogens with zero attached hydrogens (tertiary/aromatic N) is 1. The van der Waals surface area contributed by atoms with Gasteiger partial charge in [0.2, 0.25) is 11.8 Å². The Balaban J connectivity index is 1.48. The fraction of sp³-hybridized carbons (Fsp3) is 0.400. The van der Waals surface area contributed by atoms with Gasteiger partial charge in [0.15, 0.2) is 17.7 Å². The van der Waals surface area contributed by atoms with Gasteiger partial charge in [0.25, 0.3) is 5.91 Å². The minimum atomic E-state index is -1.20. The molecule has 9 heteroatoms. The minimum Gasteiger partial charge on any atom is -0.452 e. The number of carbonyl (C=O) groups is 4. The van der Waals surface area contributed by atoms with E-state index in [-0.39, 0.29) is 42.3 Å². The number of carbonyl (C=O) groups excluding carboxylic acids is 4. The molecule has 3 amide bonds. The Morgan fingerprint density at radius 1 is 1.14 bits per heavy atom. The molecule has 29 heavy (non-hydrogen) atoms. The summed E-state index contributed by atoms with van der Waals surface area (Å²) in [6.07, 6.45) is 3.32. The number of ether oxygens (including phenoxy) is 1. The van der Waals surface area contributed by atoms with E-state index in [1.165, 1.54) is 13.0 Å². The fourth-order valence-corrected chi connectivity index (χ4v) is 3.42. The summed E-state index contributed by atoms with van der Waals surface area (Å²) in [5.41, 5.74) is 0.0151. The molecule has 0 unspecified atom stereocenters. The van der Waals surface area contributed by atoms with Crippen LogP contribution in [0.2, 0.25) is 0 Å². The van der Waals surface area contributed by atoms with Crippen LogP contribution in [-0.2, 0) is 23.9 Å². The predicted octanol–water partition coefficient (Wildman–Crippen LogP) is 2.18. The van der Waals surface area contributed by atoms with Crippen molar-refractivity contribution in [2.45, 2.75) is 32.3 Å². The lowest BCUT2D eigenvalue weighted by Gasteiger charge is -2.16. The van der Waals surface area contributed by atoms with Crippen molar-refractivity contribution >= 4 is 29.4 Å². The summed E-state index contributed by atoms with van der Waals surface area (Å²) in [5.74, 6) is -4.98. The second-order valence-corrected chi connectivity index (χ2v) is 6.98. The van der Waals surface area contributed by atoms with Gasteiger partial charge in [0.05, 0.1) is 18.3 Å². The first-order valence-electron chi connectivity index (χ1n) is 9.23. The first kappa shape index (κ1) is 20.6. The second kappa shape index (κ2) is 8.50. The Labute approximate surface area is 165 Å². The maximum absolute atomic E-state index is 13.2. The molecule has 1 aromatic carbocycles.